The van der Waals surface area contributed by atoms with Gasteiger partial charge in [-0.05, 0) is 50.2 Å². The maximum atomic E-state index is 12.6. The first kappa shape index (κ1) is 23.5. The van der Waals surface area contributed by atoms with Crippen LogP contribution in [0.25, 0.3) is 11.3 Å². The second kappa shape index (κ2) is 9.56. The van der Waals surface area contributed by atoms with E-state index < -0.39 is 10.0 Å². The molecule has 0 aliphatic heterocycles. The predicted octanol–water partition coefficient (Wildman–Crippen LogP) is 4.74. The maximum absolute atomic E-state index is 12.6. The summed E-state index contributed by atoms with van der Waals surface area (Å²) in [6, 6.07) is 13.2. The molecule has 31 heavy (non-hydrogen) atoms. The fourth-order valence-electron chi connectivity index (χ4n) is 3.23. The number of rotatable bonds is 7. The van der Waals surface area contributed by atoms with Gasteiger partial charge in [0, 0.05) is 50.9 Å². The molecule has 0 fully saturated rings. The highest BCUT2D eigenvalue weighted by Crippen LogP contribution is 2.30. The van der Waals surface area contributed by atoms with Gasteiger partial charge in [-0.25, -0.2) is 17.7 Å². The molecule has 0 N–H and O–H groups in total. The molecule has 2 aromatic carbocycles. The number of halogens is 1. The number of hydrogen-bond donors (Lipinski definition) is 0. The van der Waals surface area contributed by atoms with Gasteiger partial charge in [-0.2, -0.15) is 0 Å². The van der Waals surface area contributed by atoms with Gasteiger partial charge in [0.05, 0.1) is 16.4 Å². The third kappa shape index (κ3) is 4.87. The molecule has 3 aromatic rings. The lowest BCUT2D eigenvalue weighted by Gasteiger charge is -2.20. The molecule has 0 aliphatic rings. The van der Waals surface area contributed by atoms with Gasteiger partial charge in [0.2, 0.25) is 10.0 Å². The molecule has 1 heterocycles. The van der Waals surface area contributed by atoms with Crippen LogP contribution < -0.4 is 9.70 Å². The van der Waals surface area contributed by atoms with Gasteiger partial charge in [0.25, 0.3) is 0 Å². The van der Waals surface area contributed by atoms with Crippen molar-refractivity contribution < 1.29 is 8.42 Å². The Morgan fingerprint density at radius 3 is 2.29 bits per heavy atom. The minimum Gasteiger partial charge on any atom is -0.372 e. The molecule has 6 nitrogen and oxygen atoms in total. The SMILES string of the molecule is CCN(CC)c1ccc(N=c2scc(-c3ccc(Cl)c(S(=O)(=O)N(C)C)c3)n2C)cc1. The lowest BCUT2D eigenvalue weighted by Crippen LogP contribution is -2.22. The van der Waals surface area contributed by atoms with Crippen LogP contribution in [0.1, 0.15) is 13.8 Å². The van der Waals surface area contributed by atoms with Crippen molar-refractivity contribution in [3.05, 3.63) is 57.7 Å². The topological polar surface area (TPSA) is 57.9 Å². The van der Waals surface area contributed by atoms with Crippen LogP contribution in [-0.4, -0.2) is 44.5 Å². The molecule has 0 spiro atoms. The van der Waals surface area contributed by atoms with E-state index in [0.29, 0.717) is 0 Å². The summed E-state index contributed by atoms with van der Waals surface area (Å²) in [4.78, 5) is 7.96. The van der Waals surface area contributed by atoms with Crippen molar-refractivity contribution >= 4 is 44.3 Å². The van der Waals surface area contributed by atoms with Crippen LogP contribution in [0.2, 0.25) is 5.02 Å². The standard InChI is InChI=1S/C22H27ClN4O2S2/c1-6-27(7-2)18-11-9-17(10-12-18)24-22-26(5)20(15-30-22)16-8-13-19(23)21(14-16)31(28,29)25(3)4/h8-15H,6-7H2,1-5H3. The van der Waals surface area contributed by atoms with Crippen molar-refractivity contribution in [3.8, 4) is 11.3 Å². The highest BCUT2D eigenvalue weighted by molar-refractivity contribution is 7.89. The zero-order valence-corrected chi connectivity index (χ0v) is 20.7. The number of nitrogens with zero attached hydrogens (tertiary/aromatic N) is 4. The van der Waals surface area contributed by atoms with Gasteiger partial charge in [0.15, 0.2) is 4.80 Å². The Morgan fingerprint density at radius 2 is 1.71 bits per heavy atom. The van der Waals surface area contributed by atoms with Crippen LogP contribution in [-0.2, 0) is 17.1 Å². The van der Waals surface area contributed by atoms with E-state index in [0.717, 1.165) is 39.1 Å². The Kier molecular flexibility index (Phi) is 7.26. The Morgan fingerprint density at radius 1 is 1.06 bits per heavy atom. The minimum atomic E-state index is -3.64. The van der Waals surface area contributed by atoms with Crippen molar-refractivity contribution in [2.75, 3.05) is 32.1 Å². The normalized spacial score (nSPS) is 12.5. The monoisotopic (exact) mass is 478 g/mol. The summed E-state index contributed by atoms with van der Waals surface area (Å²) in [6.45, 7) is 6.20. The lowest BCUT2D eigenvalue weighted by molar-refractivity contribution is 0.521. The second-order valence-electron chi connectivity index (χ2n) is 7.20. The Balaban J connectivity index is 1.99. The van der Waals surface area contributed by atoms with Gasteiger partial charge in [-0.3, -0.25) is 0 Å². The van der Waals surface area contributed by atoms with Gasteiger partial charge >= 0.3 is 0 Å². The van der Waals surface area contributed by atoms with E-state index in [-0.39, 0.29) is 9.92 Å². The molecule has 9 heteroatoms. The van der Waals surface area contributed by atoms with Crippen molar-refractivity contribution in [2.45, 2.75) is 18.7 Å². The van der Waals surface area contributed by atoms with E-state index in [1.54, 1.807) is 12.1 Å². The van der Waals surface area contributed by atoms with Crippen molar-refractivity contribution in [3.63, 3.8) is 0 Å². The number of thiazole rings is 1. The summed E-state index contributed by atoms with van der Waals surface area (Å²) in [5, 5.41) is 2.17. The number of benzene rings is 2. The molecular weight excluding hydrogens is 452 g/mol. The Labute approximate surface area is 193 Å². The molecule has 0 atom stereocenters. The molecule has 0 saturated heterocycles. The quantitative estimate of drug-likeness (QED) is 0.493. The summed E-state index contributed by atoms with van der Waals surface area (Å²) in [5.74, 6) is 0. The van der Waals surface area contributed by atoms with Crippen LogP contribution in [0.3, 0.4) is 0 Å². The molecule has 0 unspecified atom stereocenters. The predicted molar refractivity (Wildman–Crippen MR) is 130 cm³/mol. The number of hydrogen-bond acceptors (Lipinski definition) is 5. The van der Waals surface area contributed by atoms with Gasteiger partial charge in [-0.15, -0.1) is 11.3 Å². The van der Waals surface area contributed by atoms with Crippen LogP contribution in [0.5, 0.6) is 0 Å². The van der Waals surface area contributed by atoms with Crippen LogP contribution >= 0.6 is 22.9 Å². The summed E-state index contributed by atoms with van der Waals surface area (Å²) in [7, 11) is 1.26. The Hall–Kier alpha value is -2.13. The summed E-state index contributed by atoms with van der Waals surface area (Å²) in [5.41, 5.74) is 3.68. The minimum absolute atomic E-state index is 0.0911. The molecule has 3 rings (SSSR count). The zero-order chi connectivity index (χ0) is 22.8. The van der Waals surface area contributed by atoms with E-state index in [1.165, 1.54) is 31.1 Å². The third-order valence-corrected chi connectivity index (χ3v) is 8.33. The van der Waals surface area contributed by atoms with E-state index in [9.17, 15) is 8.42 Å². The van der Waals surface area contributed by atoms with Gasteiger partial charge in [0.1, 0.15) is 4.90 Å². The third-order valence-electron chi connectivity index (χ3n) is 5.11. The first-order chi connectivity index (χ1) is 14.7. The fraction of sp³-hybridized carbons (Fsp3) is 0.318. The molecule has 1 aromatic heterocycles. The number of anilines is 1. The molecule has 0 saturated carbocycles. The smallest absolute Gasteiger partial charge is 0.244 e. The molecule has 0 bridgehead atoms. The Bertz CT molecular complexity index is 1230. The van der Waals surface area contributed by atoms with Crippen molar-refractivity contribution in [1.29, 1.82) is 0 Å². The average Bonchev–Trinajstić information content (AvgIpc) is 3.10. The summed E-state index contributed by atoms with van der Waals surface area (Å²) < 4.78 is 28.3. The van der Waals surface area contributed by atoms with E-state index >= 15 is 0 Å². The molecule has 0 aliphatic carbocycles. The van der Waals surface area contributed by atoms with Gasteiger partial charge < -0.3 is 9.47 Å². The molecule has 166 valence electrons. The molecule has 0 amide bonds. The maximum Gasteiger partial charge on any atom is 0.244 e. The zero-order valence-electron chi connectivity index (χ0n) is 18.3. The number of aromatic nitrogens is 1. The second-order valence-corrected chi connectivity index (χ2v) is 10.6. The van der Waals surface area contributed by atoms with E-state index in [1.807, 2.05) is 35.2 Å². The molecule has 0 radical (unpaired) electrons. The van der Waals surface area contributed by atoms with Gasteiger partial charge in [-0.1, -0.05) is 17.7 Å². The largest absolute Gasteiger partial charge is 0.372 e. The fourth-order valence-corrected chi connectivity index (χ4v) is 5.55. The van der Waals surface area contributed by atoms with Crippen LogP contribution in [0.15, 0.2) is 57.7 Å². The average molecular weight is 479 g/mol. The van der Waals surface area contributed by atoms with Crippen LogP contribution in [0.4, 0.5) is 11.4 Å². The highest BCUT2D eigenvalue weighted by atomic mass is 35.5. The number of sulfonamides is 1. The molecular formula is C22H27ClN4O2S2. The first-order valence-electron chi connectivity index (χ1n) is 9.95. The van der Waals surface area contributed by atoms with E-state index in [4.69, 9.17) is 16.6 Å². The van der Waals surface area contributed by atoms with E-state index in [2.05, 4.69) is 30.9 Å². The summed E-state index contributed by atoms with van der Waals surface area (Å²) >= 11 is 7.69. The van der Waals surface area contributed by atoms with Crippen molar-refractivity contribution in [1.82, 2.24) is 8.87 Å². The summed E-state index contributed by atoms with van der Waals surface area (Å²) in [6.07, 6.45) is 0. The van der Waals surface area contributed by atoms with Crippen LogP contribution in [0, 0.1) is 0 Å². The highest BCUT2D eigenvalue weighted by Gasteiger charge is 2.22. The first-order valence-corrected chi connectivity index (χ1v) is 12.7. The lowest BCUT2D eigenvalue weighted by atomic mass is 10.2. The van der Waals surface area contributed by atoms with Crippen molar-refractivity contribution in [2.24, 2.45) is 12.0 Å².